The highest BCUT2D eigenvalue weighted by molar-refractivity contribution is 5.95. The molecule has 8 heteroatoms. The Hall–Kier alpha value is -1.76. The molecule has 2 N–H and O–H groups in total. The summed E-state index contributed by atoms with van der Waals surface area (Å²) < 4.78 is 40.2. The third-order valence-corrected chi connectivity index (χ3v) is 4.48. The number of benzene rings is 1. The summed E-state index contributed by atoms with van der Waals surface area (Å²) in [4.78, 5) is 4.41. The van der Waals surface area contributed by atoms with Crippen molar-refractivity contribution in [3.8, 4) is 0 Å². The highest BCUT2D eigenvalue weighted by atomic mass is 35.5. The van der Waals surface area contributed by atoms with E-state index in [4.69, 9.17) is 5.73 Å². The Kier molecular flexibility index (Phi) is 6.32. The molecule has 0 aromatic heterocycles. The monoisotopic (exact) mass is 374 g/mol. The van der Waals surface area contributed by atoms with Crippen molar-refractivity contribution >= 4 is 29.6 Å². The fraction of sp³-hybridized carbons (Fsp3) is 0.529. The number of hydrogen-bond acceptors (Lipinski definition) is 4. The van der Waals surface area contributed by atoms with Crippen LogP contribution in [0.2, 0.25) is 0 Å². The lowest BCUT2D eigenvalue weighted by Crippen LogP contribution is -2.32. The quantitative estimate of drug-likeness (QED) is 0.863. The Morgan fingerprint density at radius 1 is 1.16 bits per heavy atom. The van der Waals surface area contributed by atoms with Crippen molar-refractivity contribution in [1.29, 1.82) is 0 Å². The molecule has 0 amide bonds. The van der Waals surface area contributed by atoms with Crippen LogP contribution in [0.15, 0.2) is 40.4 Å². The molecule has 0 spiro atoms. The molecule has 0 aliphatic carbocycles. The zero-order valence-corrected chi connectivity index (χ0v) is 14.6. The zero-order chi connectivity index (χ0) is 17.2. The molecule has 138 valence electrons. The number of para-hydroxylation sites is 1. The second-order valence-corrected chi connectivity index (χ2v) is 6.35. The third-order valence-electron chi connectivity index (χ3n) is 4.48. The number of rotatable bonds is 3. The maximum absolute atomic E-state index is 13.4. The molecule has 2 atom stereocenters. The van der Waals surface area contributed by atoms with Crippen molar-refractivity contribution in [2.45, 2.75) is 44.3 Å². The third kappa shape index (κ3) is 4.87. The van der Waals surface area contributed by atoms with E-state index >= 15 is 0 Å². The molecule has 0 saturated heterocycles. The average Bonchev–Trinajstić information content (AvgIpc) is 2.85. The highest BCUT2D eigenvalue weighted by Gasteiger charge is 2.46. The van der Waals surface area contributed by atoms with E-state index in [0.29, 0.717) is 17.9 Å². The van der Waals surface area contributed by atoms with Crippen molar-refractivity contribution in [2.24, 2.45) is 21.7 Å². The molecular weight excluding hydrogens is 353 g/mol. The smallest absolute Gasteiger partial charge is 0.387 e. The van der Waals surface area contributed by atoms with Crippen LogP contribution in [0.1, 0.15) is 32.1 Å². The summed E-state index contributed by atoms with van der Waals surface area (Å²) in [5.74, 6) is -0.120. The molecule has 3 rings (SSSR count). The molecule has 4 nitrogen and oxygen atoms in total. The molecule has 1 aromatic carbocycles. The van der Waals surface area contributed by atoms with Crippen molar-refractivity contribution in [3.05, 3.63) is 30.3 Å². The average molecular weight is 375 g/mol. The van der Waals surface area contributed by atoms with E-state index in [-0.39, 0.29) is 25.0 Å². The minimum absolute atomic E-state index is 0. The highest BCUT2D eigenvalue weighted by Crippen LogP contribution is 2.34. The van der Waals surface area contributed by atoms with Crippen LogP contribution < -0.4 is 10.7 Å². The maximum Gasteiger partial charge on any atom is 0.431 e. The zero-order valence-electron chi connectivity index (χ0n) is 13.7. The Morgan fingerprint density at radius 2 is 1.88 bits per heavy atom. The number of alkyl halides is 3. The van der Waals surface area contributed by atoms with Crippen molar-refractivity contribution in [2.75, 3.05) is 11.6 Å². The lowest BCUT2D eigenvalue weighted by molar-refractivity contribution is -0.0622. The van der Waals surface area contributed by atoms with Gasteiger partial charge in [-0.15, -0.1) is 12.4 Å². The van der Waals surface area contributed by atoms with E-state index in [1.165, 1.54) is 5.01 Å². The Labute approximate surface area is 151 Å². The number of anilines is 1. The number of amidine groups is 1. The molecule has 1 aromatic rings. The molecule has 2 heterocycles. The van der Waals surface area contributed by atoms with Crippen LogP contribution in [0.5, 0.6) is 0 Å². The number of hydrogen-bond donors (Lipinski definition) is 1. The van der Waals surface area contributed by atoms with Gasteiger partial charge in [-0.05, 0) is 31.4 Å². The first-order valence-electron chi connectivity index (χ1n) is 8.24. The SMILES string of the molecule is Cl.NC1=NC(CC2CN(c3ccccc3)N=C2C(F)(F)F)CCCC1. The molecule has 2 aliphatic rings. The van der Waals surface area contributed by atoms with Crippen LogP contribution in [0.3, 0.4) is 0 Å². The largest absolute Gasteiger partial charge is 0.431 e. The van der Waals surface area contributed by atoms with E-state index in [9.17, 15) is 13.2 Å². The van der Waals surface area contributed by atoms with Gasteiger partial charge in [0.2, 0.25) is 0 Å². The fourth-order valence-corrected chi connectivity index (χ4v) is 3.33. The number of aliphatic imine (C=N–C) groups is 1. The standard InChI is InChI=1S/C17H21F3N4.ClH/c18-17(19,20)16-12(10-13-6-4-5-9-15(21)22-13)11-24(23-16)14-7-2-1-3-8-14;/h1-3,7-8,12-13H,4-6,9-11H2,(H2,21,22);1H. The van der Waals surface area contributed by atoms with Gasteiger partial charge in [-0.1, -0.05) is 24.6 Å². The number of hydrazone groups is 1. The van der Waals surface area contributed by atoms with Gasteiger partial charge in [0.15, 0.2) is 0 Å². The normalized spacial score (nSPS) is 24.2. The summed E-state index contributed by atoms with van der Waals surface area (Å²) in [5, 5.41) is 5.31. The van der Waals surface area contributed by atoms with Crippen molar-refractivity contribution in [3.63, 3.8) is 0 Å². The minimum Gasteiger partial charge on any atom is -0.387 e. The van der Waals surface area contributed by atoms with Crippen molar-refractivity contribution in [1.82, 2.24) is 0 Å². The topological polar surface area (TPSA) is 54.0 Å². The van der Waals surface area contributed by atoms with Gasteiger partial charge < -0.3 is 5.73 Å². The number of nitrogens with zero attached hydrogens (tertiary/aromatic N) is 3. The molecule has 2 aliphatic heterocycles. The van der Waals surface area contributed by atoms with Crippen LogP contribution >= 0.6 is 12.4 Å². The first kappa shape index (κ1) is 19.6. The summed E-state index contributed by atoms with van der Waals surface area (Å²) in [6.45, 7) is 0.227. The summed E-state index contributed by atoms with van der Waals surface area (Å²) in [6, 6.07) is 8.79. The van der Waals surface area contributed by atoms with E-state index in [2.05, 4.69) is 10.1 Å². The van der Waals surface area contributed by atoms with Gasteiger partial charge in [-0.2, -0.15) is 18.3 Å². The van der Waals surface area contributed by atoms with Gasteiger partial charge in [-0.25, -0.2) is 0 Å². The lowest BCUT2D eigenvalue weighted by Gasteiger charge is -2.20. The van der Waals surface area contributed by atoms with E-state index in [0.717, 1.165) is 25.7 Å². The summed E-state index contributed by atoms with van der Waals surface area (Å²) in [6.07, 6.45) is -0.670. The van der Waals surface area contributed by atoms with Gasteiger partial charge in [0.05, 0.1) is 24.1 Å². The van der Waals surface area contributed by atoms with Crippen LogP contribution in [-0.4, -0.2) is 30.3 Å². The van der Waals surface area contributed by atoms with Crippen LogP contribution in [0, 0.1) is 5.92 Å². The number of halogens is 4. The fourth-order valence-electron chi connectivity index (χ4n) is 3.33. The summed E-state index contributed by atoms with van der Waals surface area (Å²) >= 11 is 0. The Bertz CT molecular complexity index is 631. The Morgan fingerprint density at radius 3 is 2.56 bits per heavy atom. The van der Waals surface area contributed by atoms with E-state index in [1.807, 2.05) is 6.07 Å². The molecule has 2 unspecified atom stereocenters. The van der Waals surface area contributed by atoms with Crippen molar-refractivity contribution < 1.29 is 13.2 Å². The maximum atomic E-state index is 13.4. The molecule has 0 saturated carbocycles. The first-order chi connectivity index (χ1) is 11.4. The van der Waals surface area contributed by atoms with Gasteiger partial charge in [0, 0.05) is 12.3 Å². The molecule has 25 heavy (non-hydrogen) atoms. The molecule has 0 radical (unpaired) electrons. The summed E-state index contributed by atoms with van der Waals surface area (Å²) in [5.41, 5.74) is 5.79. The lowest BCUT2D eigenvalue weighted by atomic mass is 9.93. The second-order valence-electron chi connectivity index (χ2n) is 6.35. The predicted molar refractivity (Wildman–Crippen MR) is 96.5 cm³/mol. The molecule has 0 fully saturated rings. The number of nitrogens with two attached hydrogens (primary N) is 1. The predicted octanol–water partition coefficient (Wildman–Crippen LogP) is 4.15. The second kappa shape index (κ2) is 8.08. The van der Waals surface area contributed by atoms with E-state index < -0.39 is 17.8 Å². The van der Waals surface area contributed by atoms with Crippen LogP contribution in [0.4, 0.5) is 18.9 Å². The van der Waals surface area contributed by atoms with E-state index in [1.54, 1.807) is 24.3 Å². The summed E-state index contributed by atoms with van der Waals surface area (Å²) in [7, 11) is 0. The first-order valence-corrected chi connectivity index (χ1v) is 8.24. The Balaban J connectivity index is 0.00000225. The van der Waals surface area contributed by atoms with Crippen LogP contribution in [-0.2, 0) is 0 Å². The molecular formula is C17H22ClF3N4. The molecule has 0 bridgehead atoms. The minimum atomic E-state index is -4.42. The van der Waals surface area contributed by atoms with Gasteiger partial charge in [0.25, 0.3) is 0 Å². The van der Waals surface area contributed by atoms with Gasteiger partial charge >= 0.3 is 6.18 Å². The van der Waals surface area contributed by atoms with Gasteiger partial charge in [-0.3, -0.25) is 10.0 Å². The van der Waals surface area contributed by atoms with Gasteiger partial charge in [0.1, 0.15) is 5.71 Å². The van der Waals surface area contributed by atoms with Crippen LogP contribution in [0.25, 0.3) is 0 Å².